The largest absolute Gasteiger partial charge is 0.326 e. The molecule has 3 rings (SSSR count). The third-order valence-corrected chi connectivity index (χ3v) is 4.44. The molecule has 1 N–H and O–H groups in total. The first-order chi connectivity index (χ1) is 11.9. The van der Waals surface area contributed by atoms with Crippen LogP contribution in [0.1, 0.15) is 27.2 Å². The maximum atomic E-state index is 12.1. The Morgan fingerprint density at radius 3 is 2.68 bits per heavy atom. The number of nitrogens with zero attached hydrogens (tertiary/aromatic N) is 2. The molecule has 25 heavy (non-hydrogen) atoms. The van der Waals surface area contributed by atoms with Crippen molar-refractivity contribution in [3.8, 4) is 21.8 Å². The van der Waals surface area contributed by atoms with Gasteiger partial charge in [-0.1, -0.05) is 32.9 Å². The average molecular weight is 351 g/mol. The number of anilines is 1. The third-order valence-electron chi connectivity index (χ3n) is 3.55. The molecule has 2 heterocycles. The number of carbonyl (C=O) groups is 1. The van der Waals surface area contributed by atoms with Gasteiger partial charge in [0.1, 0.15) is 5.01 Å². The van der Waals surface area contributed by atoms with E-state index in [9.17, 15) is 4.79 Å². The van der Waals surface area contributed by atoms with E-state index in [-0.39, 0.29) is 11.3 Å². The van der Waals surface area contributed by atoms with Crippen LogP contribution in [0, 0.1) is 5.41 Å². The Morgan fingerprint density at radius 1 is 1.16 bits per heavy atom. The summed E-state index contributed by atoms with van der Waals surface area (Å²) in [6, 6.07) is 11.7. The van der Waals surface area contributed by atoms with Gasteiger partial charge in [0, 0.05) is 41.0 Å². The molecule has 2 aromatic heterocycles. The molecule has 1 aromatic carbocycles. The van der Waals surface area contributed by atoms with Crippen LogP contribution in [0.15, 0.2) is 54.2 Å². The molecule has 0 aliphatic heterocycles. The number of amides is 1. The number of aromatic nitrogens is 2. The first-order valence-electron chi connectivity index (χ1n) is 8.17. The van der Waals surface area contributed by atoms with Crippen molar-refractivity contribution in [1.82, 2.24) is 9.97 Å². The highest BCUT2D eigenvalue weighted by Gasteiger charge is 2.16. The predicted octanol–water partition coefficient (Wildman–Crippen LogP) is 5.25. The highest BCUT2D eigenvalue weighted by atomic mass is 32.1. The van der Waals surface area contributed by atoms with Crippen LogP contribution in [0.3, 0.4) is 0 Å². The summed E-state index contributed by atoms with van der Waals surface area (Å²) in [4.78, 5) is 21.0. The van der Waals surface area contributed by atoms with Gasteiger partial charge >= 0.3 is 0 Å². The zero-order valence-electron chi connectivity index (χ0n) is 14.6. The fourth-order valence-electron chi connectivity index (χ4n) is 2.47. The fourth-order valence-corrected chi connectivity index (χ4v) is 3.29. The molecule has 0 aliphatic rings. The molecular formula is C20H21N3OS. The van der Waals surface area contributed by atoms with Gasteiger partial charge < -0.3 is 5.32 Å². The van der Waals surface area contributed by atoms with Gasteiger partial charge in [-0.25, -0.2) is 4.98 Å². The molecular weight excluding hydrogens is 330 g/mol. The number of pyridine rings is 1. The second-order valence-electron chi connectivity index (χ2n) is 7.15. The highest BCUT2D eigenvalue weighted by Crippen LogP contribution is 2.29. The Hall–Kier alpha value is -2.53. The van der Waals surface area contributed by atoms with Crippen LogP contribution in [0.25, 0.3) is 21.8 Å². The lowest BCUT2D eigenvalue weighted by atomic mass is 9.92. The van der Waals surface area contributed by atoms with Crippen molar-refractivity contribution in [2.45, 2.75) is 27.2 Å². The van der Waals surface area contributed by atoms with Gasteiger partial charge in [-0.15, -0.1) is 11.3 Å². The maximum Gasteiger partial charge on any atom is 0.224 e. The lowest BCUT2D eigenvalue weighted by Crippen LogP contribution is -2.19. The van der Waals surface area contributed by atoms with Crippen LogP contribution in [0.4, 0.5) is 5.69 Å². The summed E-state index contributed by atoms with van der Waals surface area (Å²) in [5, 5.41) is 5.94. The third kappa shape index (κ3) is 4.73. The van der Waals surface area contributed by atoms with E-state index in [1.807, 2.05) is 48.0 Å². The zero-order valence-corrected chi connectivity index (χ0v) is 15.4. The van der Waals surface area contributed by atoms with E-state index in [1.54, 1.807) is 17.5 Å². The predicted molar refractivity (Wildman–Crippen MR) is 103 cm³/mol. The van der Waals surface area contributed by atoms with E-state index >= 15 is 0 Å². The normalized spacial score (nSPS) is 11.3. The minimum atomic E-state index is -0.0325. The molecule has 0 saturated carbocycles. The van der Waals surface area contributed by atoms with Crippen LogP contribution in [0.2, 0.25) is 0 Å². The molecule has 0 radical (unpaired) electrons. The summed E-state index contributed by atoms with van der Waals surface area (Å²) in [5.74, 6) is 0.0268. The molecule has 0 fully saturated rings. The van der Waals surface area contributed by atoms with Crippen molar-refractivity contribution in [2.75, 3.05) is 5.32 Å². The van der Waals surface area contributed by atoms with Gasteiger partial charge in [0.2, 0.25) is 5.91 Å². The lowest BCUT2D eigenvalue weighted by Gasteiger charge is -2.17. The highest BCUT2D eigenvalue weighted by molar-refractivity contribution is 7.13. The number of rotatable bonds is 4. The summed E-state index contributed by atoms with van der Waals surface area (Å²) >= 11 is 1.59. The second kappa shape index (κ2) is 7.15. The van der Waals surface area contributed by atoms with Gasteiger partial charge in [0.15, 0.2) is 0 Å². The number of hydrogen-bond acceptors (Lipinski definition) is 4. The van der Waals surface area contributed by atoms with Crippen LogP contribution in [-0.4, -0.2) is 15.9 Å². The van der Waals surface area contributed by atoms with Crippen molar-refractivity contribution in [2.24, 2.45) is 5.41 Å². The van der Waals surface area contributed by atoms with E-state index in [2.05, 4.69) is 31.1 Å². The van der Waals surface area contributed by atoms with Gasteiger partial charge in [-0.2, -0.15) is 0 Å². The lowest BCUT2D eigenvalue weighted by molar-refractivity contribution is -0.117. The maximum absolute atomic E-state index is 12.1. The van der Waals surface area contributed by atoms with Gasteiger partial charge in [-0.3, -0.25) is 9.78 Å². The van der Waals surface area contributed by atoms with Crippen molar-refractivity contribution in [3.05, 3.63) is 54.2 Å². The molecule has 128 valence electrons. The number of hydrogen-bond donors (Lipinski definition) is 1. The summed E-state index contributed by atoms with van der Waals surface area (Å²) in [6.07, 6.45) is 4.05. The molecule has 0 bridgehead atoms. The number of thiazole rings is 1. The van der Waals surface area contributed by atoms with Crippen molar-refractivity contribution >= 4 is 22.9 Å². The van der Waals surface area contributed by atoms with Gasteiger partial charge in [0.25, 0.3) is 0 Å². The number of benzene rings is 1. The Bertz CT molecular complexity index is 866. The molecule has 0 spiro atoms. The molecule has 0 unspecified atom stereocenters. The van der Waals surface area contributed by atoms with Crippen LogP contribution in [0.5, 0.6) is 0 Å². The Kier molecular flexibility index (Phi) is 4.95. The number of carbonyl (C=O) groups excluding carboxylic acids is 1. The molecule has 0 atom stereocenters. The molecule has 1 amide bonds. The number of nitrogens with one attached hydrogen (secondary N) is 1. The molecule has 4 nitrogen and oxygen atoms in total. The van der Waals surface area contributed by atoms with Crippen LogP contribution >= 0.6 is 11.3 Å². The minimum Gasteiger partial charge on any atom is -0.326 e. The van der Waals surface area contributed by atoms with E-state index in [4.69, 9.17) is 4.98 Å². The molecule has 0 aliphatic carbocycles. The minimum absolute atomic E-state index is 0.0268. The monoisotopic (exact) mass is 351 g/mol. The van der Waals surface area contributed by atoms with Gasteiger partial charge in [0.05, 0.1) is 5.69 Å². The standard InChI is InChI=1S/C20H21N3OS/c1-20(2,3)11-18(24)22-16-8-4-6-14(10-16)17-13-25-19(23-17)15-7-5-9-21-12-15/h4-10,12-13H,11H2,1-3H3,(H,22,24). The molecule has 5 heteroatoms. The fraction of sp³-hybridized carbons (Fsp3) is 0.250. The summed E-state index contributed by atoms with van der Waals surface area (Å²) in [7, 11) is 0. The molecule has 0 saturated heterocycles. The first-order valence-corrected chi connectivity index (χ1v) is 9.05. The summed E-state index contributed by atoms with van der Waals surface area (Å²) < 4.78 is 0. The van der Waals surface area contributed by atoms with Crippen LogP contribution in [-0.2, 0) is 4.79 Å². The van der Waals surface area contributed by atoms with E-state index in [1.165, 1.54) is 0 Å². The van der Waals surface area contributed by atoms with Crippen LogP contribution < -0.4 is 5.32 Å². The quantitative estimate of drug-likeness (QED) is 0.699. The van der Waals surface area contributed by atoms with E-state index < -0.39 is 0 Å². The Balaban J connectivity index is 1.78. The van der Waals surface area contributed by atoms with E-state index in [0.717, 1.165) is 27.5 Å². The average Bonchev–Trinajstić information content (AvgIpc) is 3.04. The molecule has 3 aromatic rings. The van der Waals surface area contributed by atoms with E-state index in [0.29, 0.717) is 6.42 Å². The smallest absolute Gasteiger partial charge is 0.224 e. The van der Waals surface area contributed by atoms with Crippen molar-refractivity contribution < 1.29 is 4.79 Å². The van der Waals surface area contributed by atoms with Crippen molar-refractivity contribution in [1.29, 1.82) is 0 Å². The summed E-state index contributed by atoms with van der Waals surface area (Å²) in [6.45, 7) is 6.16. The topological polar surface area (TPSA) is 54.9 Å². The second-order valence-corrected chi connectivity index (χ2v) is 8.00. The SMILES string of the molecule is CC(C)(C)CC(=O)Nc1cccc(-c2csc(-c3cccnc3)n2)c1. The zero-order chi connectivity index (χ0) is 17.9. The van der Waals surface area contributed by atoms with Gasteiger partial charge in [-0.05, 0) is 29.7 Å². The Labute approximate surface area is 152 Å². The first kappa shape index (κ1) is 17.3. The van der Waals surface area contributed by atoms with Crippen molar-refractivity contribution in [3.63, 3.8) is 0 Å². The summed E-state index contributed by atoms with van der Waals surface area (Å²) in [5.41, 5.74) is 3.65. The Morgan fingerprint density at radius 2 is 1.96 bits per heavy atom.